The van der Waals surface area contributed by atoms with E-state index in [-0.39, 0.29) is 22.3 Å². The largest absolute Gasteiger partial charge is 0.416 e. The van der Waals surface area contributed by atoms with Gasteiger partial charge in [-0.2, -0.15) is 13.2 Å². The lowest BCUT2D eigenvalue weighted by Gasteiger charge is -2.31. The summed E-state index contributed by atoms with van der Waals surface area (Å²) in [5.74, 6) is 6.38. The van der Waals surface area contributed by atoms with Crippen LogP contribution in [0.25, 0.3) is 5.65 Å². The quantitative estimate of drug-likeness (QED) is 0.337. The maximum Gasteiger partial charge on any atom is 0.416 e. The minimum absolute atomic E-state index is 0.0574. The topological polar surface area (TPSA) is 88.6 Å². The van der Waals surface area contributed by atoms with Gasteiger partial charge >= 0.3 is 6.18 Å². The van der Waals surface area contributed by atoms with E-state index in [1.165, 1.54) is 6.07 Å². The Kier molecular flexibility index (Phi) is 7.21. The van der Waals surface area contributed by atoms with Crippen LogP contribution in [-0.2, 0) is 6.18 Å². The van der Waals surface area contributed by atoms with E-state index >= 15 is 0 Å². The van der Waals surface area contributed by atoms with E-state index in [4.69, 9.17) is 22.4 Å². The molecule has 5 rings (SSSR count). The van der Waals surface area contributed by atoms with E-state index in [0.717, 1.165) is 43.9 Å². The normalized spacial score (nSPS) is 15.6. The third kappa shape index (κ3) is 5.85. The van der Waals surface area contributed by atoms with Crippen molar-refractivity contribution in [3.63, 3.8) is 0 Å². The van der Waals surface area contributed by atoms with Gasteiger partial charge in [0.1, 0.15) is 11.5 Å². The van der Waals surface area contributed by atoms with Crippen molar-refractivity contribution in [2.24, 2.45) is 5.73 Å². The number of hydrogen-bond acceptors (Lipinski definition) is 5. The van der Waals surface area contributed by atoms with Crippen molar-refractivity contribution in [3.05, 3.63) is 87.7 Å². The molecule has 1 fully saturated rings. The third-order valence-electron chi connectivity index (χ3n) is 6.52. The van der Waals surface area contributed by atoms with Crippen molar-refractivity contribution in [3.8, 4) is 11.8 Å². The Morgan fingerprint density at radius 1 is 1.18 bits per heavy atom. The number of halogens is 4. The van der Waals surface area contributed by atoms with E-state index in [1.54, 1.807) is 35.8 Å². The van der Waals surface area contributed by atoms with Gasteiger partial charge in [0.15, 0.2) is 5.65 Å². The molecule has 1 saturated heterocycles. The molecule has 2 aromatic heterocycles. The smallest absolute Gasteiger partial charge is 0.354 e. The minimum atomic E-state index is -4.59. The van der Waals surface area contributed by atoms with Crippen molar-refractivity contribution < 1.29 is 18.0 Å². The molecule has 11 heteroatoms. The molecular formula is C28H24ClF3N6O. The van der Waals surface area contributed by atoms with Crippen molar-refractivity contribution in [2.75, 3.05) is 23.3 Å². The van der Waals surface area contributed by atoms with Crippen LogP contribution in [0.5, 0.6) is 0 Å². The molecular weight excluding hydrogens is 529 g/mol. The Morgan fingerprint density at radius 2 is 2.00 bits per heavy atom. The molecule has 2 aromatic carbocycles. The summed E-state index contributed by atoms with van der Waals surface area (Å²) in [4.78, 5) is 19.5. The fourth-order valence-electron chi connectivity index (χ4n) is 4.51. The Labute approximate surface area is 227 Å². The molecule has 0 saturated carbocycles. The van der Waals surface area contributed by atoms with Crippen LogP contribution in [0.2, 0.25) is 5.02 Å². The fourth-order valence-corrected chi connectivity index (χ4v) is 4.74. The molecule has 0 radical (unpaired) electrons. The lowest BCUT2D eigenvalue weighted by molar-refractivity contribution is -0.137. The highest BCUT2D eigenvalue weighted by molar-refractivity contribution is 6.31. The summed E-state index contributed by atoms with van der Waals surface area (Å²) in [6.07, 6.45) is -0.972. The minimum Gasteiger partial charge on any atom is -0.354 e. The second-order valence-corrected chi connectivity index (χ2v) is 9.80. The molecule has 39 heavy (non-hydrogen) atoms. The zero-order valence-electron chi connectivity index (χ0n) is 20.9. The Bertz CT molecular complexity index is 1620. The number of carbonyl (C=O) groups is 1. The molecule has 1 amide bonds. The Hall–Kier alpha value is -4.07. The number of imidazole rings is 1. The number of carbonyl (C=O) groups excluding carboxylic acids is 1. The van der Waals surface area contributed by atoms with Crippen LogP contribution in [0.3, 0.4) is 0 Å². The van der Waals surface area contributed by atoms with Crippen molar-refractivity contribution in [1.29, 1.82) is 0 Å². The number of benzene rings is 2. The predicted octanol–water partition coefficient (Wildman–Crippen LogP) is 5.29. The molecule has 200 valence electrons. The van der Waals surface area contributed by atoms with Gasteiger partial charge in [0, 0.05) is 41.0 Å². The summed E-state index contributed by atoms with van der Waals surface area (Å²) < 4.78 is 41.1. The molecule has 0 bridgehead atoms. The first-order chi connectivity index (χ1) is 18.6. The van der Waals surface area contributed by atoms with E-state index < -0.39 is 17.6 Å². The summed E-state index contributed by atoms with van der Waals surface area (Å²) in [5, 5.41) is 7.09. The van der Waals surface area contributed by atoms with E-state index in [2.05, 4.69) is 27.0 Å². The summed E-state index contributed by atoms with van der Waals surface area (Å²) in [7, 11) is 0. The number of amides is 1. The average molecular weight is 553 g/mol. The number of hydrogen-bond donors (Lipinski definition) is 2. The summed E-state index contributed by atoms with van der Waals surface area (Å²) in [6, 6.07) is 11.8. The number of rotatable bonds is 3. The van der Waals surface area contributed by atoms with Gasteiger partial charge < -0.3 is 16.0 Å². The number of fused-ring (bicyclic) bond motifs is 1. The number of nitrogens with two attached hydrogens (primary N) is 1. The number of alkyl halides is 3. The lowest BCUT2D eigenvalue weighted by Crippen LogP contribution is -2.43. The highest BCUT2D eigenvalue weighted by Crippen LogP contribution is 2.33. The van der Waals surface area contributed by atoms with Gasteiger partial charge in [-0.15, -0.1) is 5.10 Å². The molecule has 7 nitrogen and oxygen atoms in total. The number of aromatic nitrogens is 3. The van der Waals surface area contributed by atoms with Crippen LogP contribution in [-0.4, -0.2) is 39.6 Å². The predicted molar refractivity (Wildman–Crippen MR) is 144 cm³/mol. The zero-order valence-corrected chi connectivity index (χ0v) is 21.6. The number of piperidine rings is 1. The molecule has 1 aliphatic rings. The first-order valence-electron chi connectivity index (χ1n) is 12.2. The molecule has 4 aromatic rings. The molecule has 0 aliphatic carbocycles. The van der Waals surface area contributed by atoms with Gasteiger partial charge in [-0.05, 0) is 73.7 Å². The van der Waals surface area contributed by atoms with Gasteiger partial charge in [-0.1, -0.05) is 23.6 Å². The summed E-state index contributed by atoms with van der Waals surface area (Å²) >= 11 is 5.84. The van der Waals surface area contributed by atoms with Gasteiger partial charge in [-0.3, -0.25) is 4.79 Å². The summed E-state index contributed by atoms with van der Waals surface area (Å²) in [5.41, 5.74) is 7.77. The van der Waals surface area contributed by atoms with Crippen LogP contribution in [0, 0.1) is 18.8 Å². The van der Waals surface area contributed by atoms with Crippen molar-refractivity contribution in [1.82, 2.24) is 14.6 Å². The Morgan fingerprint density at radius 3 is 2.77 bits per heavy atom. The number of nitrogens with zero attached hydrogens (tertiary/aromatic N) is 4. The maximum atomic E-state index is 13.2. The molecule has 1 unspecified atom stereocenters. The highest BCUT2D eigenvalue weighted by atomic mass is 35.5. The highest BCUT2D eigenvalue weighted by Gasteiger charge is 2.31. The summed E-state index contributed by atoms with van der Waals surface area (Å²) in [6.45, 7) is 3.33. The van der Waals surface area contributed by atoms with Crippen LogP contribution in [0.15, 0.2) is 54.7 Å². The van der Waals surface area contributed by atoms with Gasteiger partial charge in [0.2, 0.25) is 0 Å². The SMILES string of the molecule is Cc1c(C#Cc2cnc3ccc(N4CCCC(N)C4)nn23)cccc1C(=O)Nc1cc(Cl)cc(C(F)(F)F)c1. The Balaban J connectivity index is 1.40. The van der Waals surface area contributed by atoms with E-state index in [9.17, 15) is 18.0 Å². The van der Waals surface area contributed by atoms with Crippen LogP contribution < -0.4 is 16.0 Å². The fraction of sp³-hybridized carbons (Fsp3) is 0.250. The lowest BCUT2D eigenvalue weighted by atomic mass is 10.0. The van der Waals surface area contributed by atoms with Gasteiger partial charge in [0.25, 0.3) is 5.91 Å². The maximum absolute atomic E-state index is 13.2. The van der Waals surface area contributed by atoms with Crippen molar-refractivity contribution in [2.45, 2.75) is 32.0 Å². The standard InChI is InChI=1S/C28H24ClF3N6O/c1-17-18(4-2-6-24(17)27(39)35-22-13-19(28(30,31)32)12-20(29)14-22)7-8-23-15-34-25-9-10-26(36-38(23)25)37-11-3-5-21(33)16-37/h2,4,6,9-10,12-15,21H,3,5,11,16,33H2,1H3,(H,35,39). The first-order valence-corrected chi connectivity index (χ1v) is 12.6. The third-order valence-corrected chi connectivity index (χ3v) is 6.73. The average Bonchev–Trinajstić information content (AvgIpc) is 3.29. The number of nitrogens with one attached hydrogen (secondary N) is 1. The van der Waals surface area contributed by atoms with Crippen LogP contribution in [0.4, 0.5) is 24.7 Å². The van der Waals surface area contributed by atoms with E-state index in [0.29, 0.717) is 22.5 Å². The van der Waals surface area contributed by atoms with Gasteiger partial charge in [-0.25, -0.2) is 9.50 Å². The molecule has 3 N–H and O–H groups in total. The molecule has 3 heterocycles. The van der Waals surface area contributed by atoms with E-state index in [1.807, 2.05) is 12.1 Å². The number of anilines is 2. The van der Waals surface area contributed by atoms with Crippen molar-refractivity contribution >= 4 is 34.7 Å². The zero-order chi connectivity index (χ0) is 27.7. The van der Waals surface area contributed by atoms with Crippen LogP contribution >= 0.6 is 11.6 Å². The second-order valence-electron chi connectivity index (χ2n) is 9.36. The first kappa shape index (κ1) is 26.5. The molecule has 1 atom stereocenters. The second kappa shape index (κ2) is 10.6. The van der Waals surface area contributed by atoms with Gasteiger partial charge in [0.05, 0.1) is 11.8 Å². The monoisotopic (exact) mass is 552 g/mol. The molecule has 0 spiro atoms. The van der Waals surface area contributed by atoms with Crippen LogP contribution in [0.1, 0.15) is 45.6 Å². The molecule has 1 aliphatic heterocycles.